The van der Waals surface area contributed by atoms with E-state index in [1.807, 2.05) is 0 Å². The third-order valence-corrected chi connectivity index (χ3v) is 2.61. The Hall–Kier alpha value is -0.340. The van der Waals surface area contributed by atoms with Crippen LogP contribution in [0.3, 0.4) is 0 Å². The second kappa shape index (κ2) is 2.07. The second-order valence-electron chi connectivity index (χ2n) is 3.52. The first kappa shape index (κ1) is 6.38. The lowest BCUT2D eigenvalue weighted by Crippen LogP contribution is -2.38. The van der Waals surface area contributed by atoms with Crippen LogP contribution in [0.1, 0.15) is 6.92 Å². The quantitative estimate of drug-likeness (QED) is 0.465. The lowest BCUT2D eigenvalue weighted by molar-refractivity contribution is 0.393. The topological polar surface area (TPSA) is 24.1 Å². The van der Waals surface area contributed by atoms with Gasteiger partial charge in [0, 0.05) is 31.6 Å². The Labute approximate surface area is 61.7 Å². The summed E-state index contributed by atoms with van der Waals surface area (Å²) in [5, 5.41) is 6.78. The minimum Gasteiger partial charge on any atom is -0.312 e. The maximum absolute atomic E-state index is 3.40. The van der Waals surface area contributed by atoms with Crippen molar-refractivity contribution < 1.29 is 0 Å². The largest absolute Gasteiger partial charge is 0.312 e. The molecule has 0 aromatic carbocycles. The van der Waals surface area contributed by atoms with E-state index in [4.69, 9.17) is 0 Å². The Bertz CT molecular complexity index is 174. The van der Waals surface area contributed by atoms with E-state index < -0.39 is 0 Å². The Morgan fingerprint density at radius 3 is 3.00 bits per heavy atom. The van der Waals surface area contributed by atoms with Crippen molar-refractivity contribution in [2.24, 2.45) is 5.41 Å². The highest BCUT2D eigenvalue weighted by Gasteiger charge is 2.34. The van der Waals surface area contributed by atoms with Gasteiger partial charge in [0.25, 0.3) is 0 Å². The first-order chi connectivity index (χ1) is 4.81. The van der Waals surface area contributed by atoms with Crippen LogP contribution in [0.2, 0.25) is 0 Å². The van der Waals surface area contributed by atoms with Crippen LogP contribution >= 0.6 is 0 Å². The van der Waals surface area contributed by atoms with E-state index in [2.05, 4.69) is 23.6 Å². The predicted molar refractivity (Wildman–Crippen MR) is 41.9 cm³/mol. The van der Waals surface area contributed by atoms with E-state index in [-0.39, 0.29) is 0 Å². The van der Waals surface area contributed by atoms with Gasteiger partial charge in [0.2, 0.25) is 0 Å². The number of hydrogen-bond acceptors (Lipinski definition) is 2. The van der Waals surface area contributed by atoms with E-state index in [1.165, 1.54) is 0 Å². The summed E-state index contributed by atoms with van der Waals surface area (Å²) in [5.41, 5.74) is 2.03. The zero-order valence-corrected chi connectivity index (χ0v) is 6.41. The molecule has 2 heterocycles. The van der Waals surface area contributed by atoms with Crippen molar-refractivity contribution in [2.45, 2.75) is 6.92 Å². The third-order valence-electron chi connectivity index (χ3n) is 2.61. The summed E-state index contributed by atoms with van der Waals surface area (Å²) in [6.07, 6.45) is 2.32. The molecule has 10 heavy (non-hydrogen) atoms. The van der Waals surface area contributed by atoms with Gasteiger partial charge in [-0.25, -0.2) is 0 Å². The van der Waals surface area contributed by atoms with E-state index in [1.54, 1.807) is 5.57 Å². The number of fused-ring (bicyclic) bond motifs is 1. The van der Waals surface area contributed by atoms with E-state index >= 15 is 0 Å². The Kier molecular flexibility index (Phi) is 1.32. The minimum absolute atomic E-state index is 0.429. The van der Waals surface area contributed by atoms with Gasteiger partial charge in [-0.1, -0.05) is 18.6 Å². The van der Waals surface area contributed by atoms with Crippen LogP contribution in [0, 0.1) is 5.41 Å². The van der Waals surface area contributed by atoms with Gasteiger partial charge in [-0.2, -0.15) is 0 Å². The maximum Gasteiger partial charge on any atom is 0.0171 e. The molecular formula is C8H14N2. The van der Waals surface area contributed by atoms with Gasteiger partial charge < -0.3 is 10.6 Å². The number of nitrogens with one attached hydrogen (secondary N) is 2. The Morgan fingerprint density at radius 1 is 1.40 bits per heavy atom. The molecule has 1 unspecified atom stereocenters. The molecule has 0 spiro atoms. The summed E-state index contributed by atoms with van der Waals surface area (Å²) in [7, 11) is 0. The number of hydrogen-bond donors (Lipinski definition) is 2. The summed E-state index contributed by atoms with van der Waals surface area (Å²) in [6.45, 7) is 6.79. The summed E-state index contributed by atoms with van der Waals surface area (Å²) in [4.78, 5) is 0. The fourth-order valence-electron chi connectivity index (χ4n) is 1.84. The molecule has 2 heteroatoms. The highest BCUT2D eigenvalue weighted by Crippen LogP contribution is 2.30. The smallest absolute Gasteiger partial charge is 0.0171 e. The normalized spacial score (nSPS) is 39.1. The van der Waals surface area contributed by atoms with Crippen molar-refractivity contribution in [3.05, 3.63) is 11.6 Å². The standard InChI is InChI=1S/C8H14N2/c1-8-5-9-3-2-7(8)4-10-6-8/h2,9-10H,3-6H2,1H3. The fraction of sp³-hybridized carbons (Fsp3) is 0.750. The lowest BCUT2D eigenvalue weighted by Gasteiger charge is -2.29. The molecule has 0 aromatic rings. The zero-order chi connectivity index (χ0) is 7.03. The summed E-state index contributed by atoms with van der Waals surface area (Å²) < 4.78 is 0. The third kappa shape index (κ3) is 0.796. The van der Waals surface area contributed by atoms with Crippen LogP contribution in [0.25, 0.3) is 0 Å². The Balaban J connectivity index is 2.28. The second-order valence-corrected chi connectivity index (χ2v) is 3.52. The molecule has 0 amide bonds. The first-order valence-electron chi connectivity index (χ1n) is 3.92. The molecule has 1 fully saturated rings. The molecule has 56 valence electrons. The van der Waals surface area contributed by atoms with Crippen LogP contribution in [-0.2, 0) is 0 Å². The molecular weight excluding hydrogens is 124 g/mol. The number of rotatable bonds is 0. The van der Waals surface area contributed by atoms with Crippen LogP contribution in [0.4, 0.5) is 0 Å². The predicted octanol–water partition coefficient (Wildman–Crippen LogP) is 0.125. The van der Waals surface area contributed by atoms with Gasteiger partial charge in [0.1, 0.15) is 0 Å². The maximum atomic E-state index is 3.40. The molecule has 0 saturated carbocycles. The average Bonchev–Trinajstić information content (AvgIpc) is 2.29. The summed E-state index contributed by atoms with van der Waals surface area (Å²) >= 11 is 0. The van der Waals surface area contributed by atoms with Gasteiger partial charge in [0.15, 0.2) is 0 Å². The molecule has 2 aliphatic heterocycles. The monoisotopic (exact) mass is 138 g/mol. The SMILES string of the molecule is CC12CNCC=C1CNC2. The molecule has 2 N–H and O–H groups in total. The molecule has 0 radical (unpaired) electrons. The van der Waals surface area contributed by atoms with Crippen molar-refractivity contribution in [2.75, 3.05) is 26.2 Å². The van der Waals surface area contributed by atoms with Gasteiger partial charge in [-0.3, -0.25) is 0 Å². The van der Waals surface area contributed by atoms with Gasteiger partial charge in [-0.05, 0) is 0 Å². The van der Waals surface area contributed by atoms with E-state index in [9.17, 15) is 0 Å². The minimum atomic E-state index is 0.429. The lowest BCUT2D eigenvalue weighted by atomic mass is 9.83. The van der Waals surface area contributed by atoms with Crippen LogP contribution in [0.5, 0.6) is 0 Å². The average molecular weight is 138 g/mol. The highest BCUT2D eigenvalue weighted by atomic mass is 15.0. The van der Waals surface area contributed by atoms with Crippen molar-refractivity contribution in [3.63, 3.8) is 0 Å². The molecule has 2 rings (SSSR count). The van der Waals surface area contributed by atoms with E-state index in [0.717, 1.165) is 26.2 Å². The van der Waals surface area contributed by atoms with Crippen LogP contribution in [-0.4, -0.2) is 26.2 Å². The highest BCUT2D eigenvalue weighted by molar-refractivity contribution is 5.24. The van der Waals surface area contributed by atoms with Gasteiger partial charge >= 0.3 is 0 Å². The molecule has 0 aromatic heterocycles. The molecule has 1 saturated heterocycles. The van der Waals surface area contributed by atoms with Crippen molar-refractivity contribution in [1.82, 2.24) is 10.6 Å². The molecule has 0 bridgehead atoms. The summed E-state index contributed by atoms with van der Waals surface area (Å²) in [5.74, 6) is 0. The van der Waals surface area contributed by atoms with Gasteiger partial charge in [0.05, 0.1) is 0 Å². The van der Waals surface area contributed by atoms with Gasteiger partial charge in [-0.15, -0.1) is 0 Å². The van der Waals surface area contributed by atoms with Crippen LogP contribution in [0.15, 0.2) is 11.6 Å². The van der Waals surface area contributed by atoms with Crippen molar-refractivity contribution in [1.29, 1.82) is 0 Å². The first-order valence-corrected chi connectivity index (χ1v) is 3.92. The molecule has 2 nitrogen and oxygen atoms in total. The fourth-order valence-corrected chi connectivity index (χ4v) is 1.84. The van der Waals surface area contributed by atoms with Crippen molar-refractivity contribution >= 4 is 0 Å². The van der Waals surface area contributed by atoms with Crippen LogP contribution < -0.4 is 10.6 Å². The van der Waals surface area contributed by atoms with Crippen molar-refractivity contribution in [3.8, 4) is 0 Å². The molecule has 2 aliphatic rings. The Morgan fingerprint density at radius 2 is 2.20 bits per heavy atom. The summed E-state index contributed by atoms with van der Waals surface area (Å²) in [6, 6.07) is 0. The molecule has 0 aliphatic carbocycles. The zero-order valence-electron chi connectivity index (χ0n) is 6.41. The molecule has 1 atom stereocenters. The van der Waals surface area contributed by atoms with E-state index in [0.29, 0.717) is 5.41 Å².